The maximum atomic E-state index is 12.2. The van der Waals surface area contributed by atoms with Gasteiger partial charge in [-0.15, -0.1) is 0 Å². The van der Waals surface area contributed by atoms with E-state index >= 15 is 0 Å². The fourth-order valence-electron chi connectivity index (χ4n) is 2.53. The van der Waals surface area contributed by atoms with Gasteiger partial charge in [0.2, 0.25) is 0 Å². The molecule has 2 aromatic carbocycles. The highest BCUT2D eigenvalue weighted by atomic mass is 16.1. The van der Waals surface area contributed by atoms with Crippen molar-refractivity contribution in [2.45, 2.75) is 13.5 Å². The third-order valence-corrected chi connectivity index (χ3v) is 4.01. The monoisotopic (exact) mass is 331 g/mol. The number of carbonyl (C=O) groups excluding carboxylic acids is 1. The molecule has 0 aliphatic heterocycles. The molecule has 0 bridgehead atoms. The van der Waals surface area contributed by atoms with Gasteiger partial charge in [0, 0.05) is 19.2 Å². The van der Waals surface area contributed by atoms with E-state index < -0.39 is 0 Å². The number of pyridine rings is 1. The molecule has 4 nitrogen and oxygen atoms in total. The van der Waals surface area contributed by atoms with Gasteiger partial charge in [-0.1, -0.05) is 48.0 Å². The molecule has 1 heterocycles. The number of aromatic nitrogens is 1. The SMILES string of the molecule is Cc1ccc(C(=O)Nc2ccc(N(C)Cc3ccccc3)cn2)cc1. The first-order valence-corrected chi connectivity index (χ1v) is 8.21. The highest BCUT2D eigenvalue weighted by molar-refractivity contribution is 6.03. The van der Waals surface area contributed by atoms with Gasteiger partial charge >= 0.3 is 0 Å². The zero-order valence-electron chi connectivity index (χ0n) is 14.4. The second-order valence-corrected chi connectivity index (χ2v) is 6.06. The highest BCUT2D eigenvalue weighted by Gasteiger charge is 2.07. The van der Waals surface area contributed by atoms with Crippen molar-refractivity contribution in [3.63, 3.8) is 0 Å². The Balaban J connectivity index is 1.63. The van der Waals surface area contributed by atoms with Gasteiger partial charge in [-0.2, -0.15) is 0 Å². The third kappa shape index (κ3) is 4.44. The Bertz CT molecular complexity index is 827. The summed E-state index contributed by atoms with van der Waals surface area (Å²) in [6, 6.07) is 21.5. The summed E-state index contributed by atoms with van der Waals surface area (Å²) in [5, 5.41) is 2.82. The summed E-state index contributed by atoms with van der Waals surface area (Å²) in [6.07, 6.45) is 1.77. The molecule has 3 rings (SSSR count). The van der Waals surface area contributed by atoms with E-state index in [1.165, 1.54) is 5.56 Å². The number of nitrogens with zero attached hydrogens (tertiary/aromatic N) is 2. The van der Waals surface area contributed by atoms with Crippen molar-refractivity contribution < 1.29 is 4.79 Å². The summed E-state index contributed by atoms with van der Waals surface area (Å²) in [5.41, 5.74) is 3.98. The van der Waals surface area contributed by atoms with E-state index in [0.717, 1.165) is 17.8 Å². The van der Waals surface area contributed by atoms with E-state index in [4.69, 9.17) is 0 Å². The van der Waals surface area contributed by atoms with Crippen LogP contribution in [-0.2, 0) is 6.54 Å². The van der Waals surface area contributed by atoms with E-state index in [1.807, 2.05) is 68.6 Å². The Morgan fingerprint density at radius 2 is 1.72 bits per heavy atom. The molecule has 3 aromatic rings. The van der Waals surface area contributed by atoms with Crippen LogP contribution < -0.4 is 10.2 Å². The Hall–Kier alpha value is -3.14. The van der Waals surface area contributed by atoms with E-state index in [1.54, 1.807) is 6.20 Å². The average molecular weight is 331 g/mol. The molecule has 0 fully saturated rings. The summed E-state index contributed by atoms with van der Waals surface area (Å²) in [7, 11) is 2.02. The molecule has 0 saturated heterocycles. The molecule has 4 heteroatoms. The topological polar surface area (TPSA) is 45.2 Å². The molecule has 1 amide bonds. The van der Waals surface area contributed by atoms with Crippen molar-refractivity contribution in [2.24, 2.45) is 0 Å². The van der Waals surface area contributed by atoms with Gasteiger partial charge in [0.25, 0.3) is 5.91 Å². The molecule has 0 atom stereocenters. The molecule has 0 aliphatic rings. The van der Waals surface area contributed by atoms with Crippen LogP contribution in [0.5, 0.6) is 0 Å². The lowest BCUT2D eigenvalue weighted by molar-refractivity contribution is 0.102. The Kier molecular flexibility index (Phi) is 5.09. The van der Waals surface area contributed by atoms with Crippen LogP contribution in [0.25, 0.3) is 0 Å². The summed E-state index contributed by atoms with van der Waals surface area (Å²) in [5.74, 6) is 0.389. The molecule has 0 spiro atoms. The van der Waals surface area contributed by atoms with E-state index in [-0.39, 0.29) is 5.91 Å². The fraction of sp³-hybridized carbons (Fsp3) is 0.143. The van der Waals surface area contributed by atoms with Crippen molar-refractivity contribution in [1.82, 2.24) is 4.98 Å². The molecule has 1 N–H and O–H groups in total. The highest BCUT2D eigenvalue weighted by Crippen LogP contribution is 2.17. The van der Waals surface area contributed by atoms with Crippen LogP contribution in [0.3, 0.4) is 0 Å². The number of amides is 1. The lowest BCUT2D eigenvalue weighted by Crippen LogP contribution is -2.17. The molecule has 0 radical (unpaired) electrons. The molecular formula is C21H21N3O. The zero-order chi connectivity index (χ0) is 17.6. The summed E-state index contributed by atoms with van der Waals surface area (Å²) >= 11 is 0. The number of hydrogen-bond acceptors (Lipinski definition) is 3. The van der Waals surface area contributed by atoms with Crippen molar-refractivity contribution in [1.29, 1.82) is 0 Å². The quantitative estimate of drug-likeness (QED) is 0.759. The number of carbonyl (C=O) groups is 1. The van der Waals surface area contributed by atoms with Gasteiger partial charge in [0.1, 0.15) is 5.82 Å². The average Bonchev–Trinajstić information content (AvgIpc) is 2.63. The normalized spacial score (nSPS) is 10.3. The van der Waals surface area contributed by atoms with E-state index in [0.29, 0.717) is 11.4 Å². The second kappa shape index (κ2) is 7.62. The van der Waals surface area contributed by atoms with E-state index in [2.05, 4.69) is 27.3 Å². The lowest BCUT2D eigenvalue weighted by atomic mass is 10.1. The number of hydrogen-bond donors (Lipinski definition) is 1. The maximum absolute atomic E-state index is 12.2. The zero-order valence-corrected chi connectivity index (χ0v) is 14.4. The first kappa shape index (κ1) is 16.7. The van der Waals surface area contributed by atoms with Crippen molar-refractivity contribution in [3.8, 4) is 0 Å². The number of benzene rings is 2. The van der Waals surface area contributed by atoms with Crippen LogP contribution in [0.15, 0.2) is 72.9 Å². The smallest absolute Gasteiger partial charge is 0.256 e. The van der Waals surface area contributed by atoms with Crippen LogP contribution in [0, 0.1) is 6.92 Å². The van der Waals surface area contributed by atoms with Crippen molar-refractivity contribution >= 4 is 17.4 Å². The van der Waals surface area contributed by atoms with Crippen LogP contribution in [0.1, 0.15) is 21.5 Å². The van der Waals surface area contributed by atoms with Gasteiger partial charge in [-0.25, -0.2) is 4.98 Å². The van der Waals surface area contributed by atoms with Gasteiger partial charge in [0.05, 0.1) is 11.9 Å². The van der Waals surface area contributed by atoms with Gasteiger partial charge in [-0.3, -0.25) is 4.79 Å². The van der Waals surface area contributed by atoms with Crippen molar-refractivity contribution in [3.05, 3.63) is 89.6 Å². The molecule has 0 unspecified atom stereocenters. The number of nitrogens with one attached hydrogen (secondary N) is 1. The number of aryl methyl sites for hydroxylation is 1. The summed E-state index contributed by atoms with van der Waals surface area (Å²) in [6.45, 7) is 2.80. The van der Waals surface area contributed by atoms with Gasteiger partial charge < -0.3 is 10.2 Å². The molecule has 126 valence electrons. The molecular weight excluding hydrogens is 310 g/mol. The standard InChI is InChI=1S/C21H21N3O/c1-16-8-10-18(11-9-16)21(25)23-20-13-12-19(14-22-20)24(2)15-17-6-4-3-5-7-17/h3-14H,15H2,1-2H3,(H,22,23,25). The fourth-order valence-corrected chi connectivity index (χ4v) is 2.53. The van der Waals surface area contributed by atoms with E-state index in [9.17, 15) is 4.79 Å². The summed E-state index contributed by atoms with van der Waals surface area (Å²) in [4.78, 5) is 18.7. The maximum Gasteiger partial charge on any atom is 0.256 e. The molecule has 0 aliphatic carbocycles. The molecule has 1 aromatic heterocycles. The minimum atomic E-state index is -0.155. The molecule has 25 heavy (non-hydrogen) atoms. The first-order chi connectivity index (χ1) is 12.1. The van der Waals surface area contributed by atoms with Crippen LogP contribution in [-0.4, -0.2) is 17.9 Å². The second-order valence-electron chi connectivity index (χ2n) is 6.06. The Morgan fingerprint density at radius 1 is 1.00 bits per heavy atom. The van der Waals surface area contributed by atoms with Crippen molar-refractivity contribution in [2.75, 3.05) is 17.3 Å². The number of rotatable bonds is 5. The van der Waals surface area contributed by atoms with Crippen LogP contribution in [0.4, 0.5) is 11.5 Å². The molecule has 0 saturated carbocycles. The lowest BCUT2D eigenvalue weighted by Gasteiger charge is -2.19. The predicted octanol–water partition coefficient (Wildman–Crippen LogP) is 4.28. The predicted molar refractivity (Wildman–Crippen MR) is 102 cm³/mol. The van der Waals surface area contributed by atoms with Gasteiger partial charge in [0.15, 0.2) is 0 Å². The van der Waals surface area contributed by atoms with Crippen LogP contribution in [0.2, 0.25) is 0 Å². The minimum Gasteiger partial charge on any atom is -0.369 e. The number of anilines is 2. The third-order valence-electron chi connectivity index (χ3n) is 4.01. The van der Waals surface area contributed by atoms with Crippen LogP contribution >= 0.6 is 0 Å². The largest absolute Gasteiger partial charge is 0.369 e. The Labute approximate surface area is 148 Å². The van der Waals surface area contributed by atoms with Gasteiger partial charge in [-0.05, 0) is 36.8 Å². The Morgan fingerprint density at radius 3 is 2.36 bits per heavy atom. The summed E-state index contributed by atoms with van der Waals surface area (Å²) < 4.78 is 0. The minimum absolute atomic E-state index is 0.155. The first-order valence-electron chi connectivity index (χ1n) is 8.21.